The number of hydrogen-bond acceptors (Lipinski definition) is 3. The van der Waals surface area contributed by atoms with Crippen LogP contribution in [0.5, 0.6) is 11.5 Å². The molecule has 0 heterocycles. The van der Waals surface area contributed by atoms with E-state index in [1.807, 2.05) is 39.0 Å². The van der Waals surface area contributed by atoms with Crippen LogP contribution in [-0.2, 0) is 4.79 Å². The maximum atomic E-state index is 12.5. The lowest BCUT2D eigenvalue weighted by Crippen LogP contribution is -2.32. The highest BCUT2D eigenvalue weighted by molar-refractivity contribution is 6.30. The first-order valence-electron chi connectivity index (χ1n) is 7.97. The quantitative estimate of drug-likeness (QED) is 0.773. The molecule has 0 radical (unpaired) electrons. The fourth-order valence-electron chi connectivity index (χ4n) is 2.17. The Bertz CT molecular complexity index is 688. The molecule has 24 heavy (non-hydrogen) atoms. The Morgan fingerprint density at radius 1 is 1.08 bits per heavy atom. The number of benzene rings is 2. The van der Waals surface area contributed by atoms with E-state index >= 15 is 0 Å². The Labute approximate surface area is 147 Å². The predicted molar refractivity (Wildman–Crippen MR) is 97.0 cm³/mol. The van der Waals surface area contributed by atoms with Gasteiger partial charge in [-0.3, -0.25) is 4.79 Å². The van der Waals surface area contributed by atoms with Crippen LogP contribution < -0.4 is 14.8 Å². The SMILES string of the molecule is CC[C@H](Oc1cccc(Cl)c1)C(=O)Nc1cccc(OC(C)C)c1. The van der Waals surface area contributed by atoms with Crippen molar-refractivity contribution in [3.05, 3.63) is 53.6 Å². The van der Waals surface area contributed by atoms with E-state index < -0.39 is 6.10 Å². The summed E-state index contributed by atoms with van der Waals surface area (Å²) >= 11 is 5.95. The lowest BCUT2D eigenvalue weighted by molar-refractivity contribution is -0.122. The van der Waals surface area contributed by atoms with Gasteiger partial charge in [0.15, 0.2) is 6.10 Å². The minimum Gasteiger partial charge on any atom is -0.491 e. The van der Waals surface area contributed by atoms with E-state index in [0.717, 1.165) is 0 Å². The smallest absolute Gasteiger partial charge is 0.265 e. The van der Waals surface area contributed by atoms with Gasteiger partial charge in [-0.15, -0.1) is 0 Å². The van der Waals surface area contributed by atoms with E-state index in [1.165, 1.54) is 0 Å². The number of rotatable bonds is 7. The molecule has 2 rings (SSSR count). The Balaban J connectivity index is 2.04. The monoisotopic (exact) mass is 347 g/mol. The first-order chi connectivity index (χ1) is 11.5. The molecule has 0 unspecified atom stereocenters. The number of carbonyl (C=O) groups is 1. The summed E-state index contributed by atoms with van der Waals surface area (Å²) in [6.45, 7) is 5.81. The van der Waals surface area contributed by atoms with Gasteiger partial charge in [0.25, 0.3) is 5.91 Å². The maximum absolute atomic E-state index is 12.5. The van der Waals surface area contributed by atoms with Crippen molar-refractivity contribution in [2.45, 2.75) is 39.4 Å². The first-order valence-corrected chi connectivity index (χ1v) is 8.35. The van der Waals surface area contributed by atoms with Gasteiger partial charge in [0.1, 0.15) is 11.5 Å². The third kappa shape index (κ3) is 5.46. The molecule has 0 fully saturated rings. The van der Waals surface area contributed by atoms with Crippen LogP contribution in [0.1, 0.15) is 27.2 Å². The topological polar surface area (TPSA) is 47.6 Å². The molecule has 2 aromatic rings. The molecule has 0 bridgehead atoms. The summed E-state index contributed by atoms with van der Waals surface area (Å²) in [7, 11) is 0. The van der Waals surface area contributed by atoms with Crippen molar-refractivity contribution in [2.75, 3.05) is 5.32 Å². The predicted octanol–water partition coefficient (Wildman–Crippen LogP) is 4.92. The second kappa shape index (κ2) is 8.60. The summed E-state index contributed by atoms with van der Waals surface area (Å²) in [6, 6.07) is 14.3. The summed E-state index contributed by atoms with van der Waals surface area (Å²) in [5, 5.41) is 3.44. The van der Waals surface area contributed by atoms with Crippen molar-refractivity contribution < 1.29 is 14.3 Å². The lowest BCUT2D eigenvalue weighted by atomic mass is 10.2. The van der Waals surface area contributed by atoms with E-state index in [0.29, 0.717) is 28.6 Å². The molecule has 128 valence electrons. The first kappa shape index (κ1) is 18.1. The third-order valence-corrected chi connectivity index (χ3v) is 3.45. The van der Waals surface area contributed by atoms with E-state index in [2.05, 4.69) is 5.32 Å². The van der Waals surface area contributed by atoms with Crippen molar-refractivity contribution in [1.82, 2.24) is 0 Å². The summed E-state index contributed by atoms with van der Waals surface area (Å²) in [5.74, 6) is 1.08. The minimum absolute atomic E-state index is 0.0745. The normalized spacial score (nSPS) is 11.9. The van der Waals surface area contributed by atoms with Gasteiger partial charge in [-0.1, -0.05) is 30.7 Å². The van der Waals surface area contributed by atoms with Crippen LogP contribution in [0.2, 0.25) is 5.02 Å². The Morgan fingerprint density at radius 2 is 1.75 bits per heavy atom. The molecule has 0 aromatic heterocycles. The standard InChI is InChI=1S/C19H22ClNO3/c1-4-18(24-16-9-5-7-14(20)11-16)19(22)21-15-8-6-10-17(12-15)23-13(2)3/h5-13,18H,4H2,1-3H3,(H,21,22)/t18-/m0/s1. The Morgan fingerprint density at radius 3 is 2.38 bits per heavy atom. The molecule has 0 aliphatic rings. The summed E-state index contributed by atoms with van der Waals surface area (Å²) in [6.07, 6.45) is 0.0178. The largest absolute Gasteiger partial charge is 0.491 e. The molecule has 1 amide bonds. The van der Waals surface area contributed by atoms with Gasteiger partial charge in [0.05, 0.1) is 6.10 Å². The molecule has 0 saturated heterocycles. The highest BCUT2D eigenvalue weighted by atomic mass is 35.5. The number of hydrogen-bond donors (Lipinski definition) is 1. The van der Waals surface area contributed by atoms with Crippen LogP contribution in [0.25, 0.3) is 0 Å². The van der Waals surface area contributed by atoms with E-state index in [1.54, 1.807) is 30.3 Å². The molecular formula is C19H22ClNO3. The summed E-state index contributed by atoms with van der Waals surface area (Å²) in [5.41, 5.74) is 0.672. The molecule has 0 aliphatic carbocycles. The number of anilines is 1. The molecule has 0 spiro atoms. The number of amides is 1. The zero-order valence-electron chi connectivity index (χ0n) is 14.1. The van der Waals surface area contributed by atoms with Crippen LogP contribution in [0.3, 0.4) is 0 Å². The average molecular weight is 348 g/mol. The fourth-order valence-corrected chi connectivity index (χ4v) is 2.35. The molecule has 1 N–H and O–H groups in total. The number of halogens is 1. The highest BCUT2D eigenvalue weighted by Crippen LogP contribution is 2.21. The minimum atomic E-state index is -0.599. The second-order valence-electron chi connectivity index (χ2n) is 5.66. The Kier molecular flexibility index (Phi) is 6.50. The van der Waals surface area contributed by atoms with Crippen molar-refractivity contribution >= 4 is 23.2 Å². The number of ether oxygens (including phenoxy) is 2. The zero-order valence-corrected chi connectivity index (χ0v) is 14.8. The number of nitrogens with one attached hydrogen (secondary N) is 1. The van der Waals surface area contributed by atoms with Crippen LogP contribution >= 0.6 is 11.6 Å². The summed E-state index contributed by atoms with van der Waals surface area (Å²) in [4.78, 5) is 12.5. The van der Waals surface area contributed by atoms with Crippen LogP contribution in [0.4, 0.5) is 5.69 Å². The lowest BCUT2D eigenvalue weighted by Gasteiger charge is -2.18. The van der Waals surface area contributed by atoms with Crippen molar-refractivity contribution in [2.24, 2.45) is 0 Å². The molecule has 0 aliphatic heterocycles. The molecule has 4 nitrogen and oxygen atoms in total. The van der Waals surface area contributed by atoms with Gasteiger partial charge in [0.2, 0.25) is 0 Å². The zero-order chi connectivity index (χ0) is 17.5. The molecule has 2 aromatic carbocycles. The number of carbonyl (C=O) groups excluding carboxylic acids is 1. The van der Waals surface area contributed by atoms with Gasteiger partial charge >= 0.3 is 0 Å². The van der Waals surface area contributed by atoms with E-state index in [-0.39, 0.29) is 12.0 Å². The molecular weight excluding hydrogens is 326 g/mol. The fraction of sp³-hybridized carbons (Fsp3) is 0.316. The van der Waals surface area contributed by atoms with E-state index in [9.17, 15) is 4.79 Å². The highest BCUT2D eigenvalue weighted by Gasteiger charge is 2.19. The van der Waals surface area contributed by atoms with E-state index in [4.69, 9.17) is 21.1 Å². The average Bonchev–Trinajstić information content (AvgIpc) is 2.52. The van der Waals surface area contributed by atoms with Gasteiger partial charge in [-0.2, -0.15) is 0 Å². The Hall–Kier alpha value is -2.20. The van der Waals surface area contributed by atoms with Crippen LogP contribution in [0, 0.1) is 0 Å². The molecule has 0 saturated carbocycles. The maximum Gasteiger partial charge on any atom is 0.265 e. The van der Waals surface area contributed by atoms with Gasteiger partial charge in [-0.05, 0) is 50.6 Å². The molecule has 5 heteroatoms. The van der Waals surface area contributed by atoms with Gasteiger partial charge in [-0.25, -0.2) is 0 Å². The van der Waals surface area contributed by atoms with Gasteiger partial charge in [0, 0.05) is 16.8 Å². The van der Waals surface area contributed by atoms with Gasteiger partial charge < -0.3 is 14.8 Å². The van der Waals surface area contributed by atoms with Crippen molar-refractivity contribution in [3.63, 3.8) is 0 Å². The van der Waals surface area contributed by atoms with Crippen LogP contribution in [-0.4, -0.2) is 18.1 Å². The van der Waals surface area contributed by atoms with Crippen molar-refractivity contribution in [3.8, 4) is 11.5 Å². The second-order valence-corrected chi connectivity index (χ2v) is 6.09. The summed E-state index contributed by atoms with van der Waals surface area (Å²) < 4.78 is 11.4. The van der Waals surface area contributed by atoms with Crippen molar-refractivity contribution in [1.29, 1.82) is 0 Å². The third-order valence-electron chi connectivity index (χ3n) is 3.21. The molecule has 1 atom stereocenters. The van der Waals surface area contributed by atoms with Crippen LogP contribution in [0.15, 0.2) is 48.5 Å².